The van der Waals surface area contributed by atoms with Crippen molar-refractivity contribution in [2.75, 3.05) is 13.1 Å². The van der Waals surface area contributed by atoms with Crippen LogP contribution in [0.15, 0.2) is 46.5 Å². The van der Waals surface area contributed by atoms with Crippen LogP contribution in [0.4, 0.5) is 0 Å². The fraction of sp³-hybridized carbons (Fsp3) is 0.286. The molecule has 0 aliphatic carbocycles. The number of halogens is 1. The summed E-state index contributed by atoms with van der Waals surface area (Å²) in [4.78, 5) is 25.6. The summed E-state index contributed by atoms with van der Waals surface area (Å²) in [6, 6.07) is 2.48. The van der Waals surface area contributed by atoms with Gasteiger partial charge in [-0.25, -0.2) is 0 Å². The number of carbonyl (C=O) groups excluding carboxylic acids is 2. The fourth-order valence-corrected chi connectivity index (χ4v) is 1.91. The van der Waals surface area contributed by atoms with E-state index in [-0.39, 0.29) is 11.7 Å². The molecule has 0 aliphatic rings. The van der Waals surface area contributed by atoms with E-state index in [1.165, 1.54) is 6.07 Å². The number of nitrogens with zero attached hydrogens (tertiary/aromatic N) is 1. The van der Waals surface area contributed by atoms with Gasteiger partial charge in [0.1, 0.15) is 6.04 Å². The highest BCUT2D eigenvalue weighted by Crippen LogP contribution is 2.14. The summed E-state index contributed by atoms with van der Waals surface area (Å²) in [5, 5.41) is 2.59. The molecule has 5 nitrogen and oxygen atoms in total. The smallest absolute Gasteiger partial charge is 0.287 e. The minimum Gasteiger partial charge on any atom is -0.444 e. The van der Waals surface area contributed by atoms with Crippen molar-refractivity contribution in [1.29, 1.82) is 0 Å². The average molecular weight is 341 g/mol. The second-order valence-electron chi connectivity index (χ2n) is 4.12. The van der Waals surface area contributed by atoms with E-state index >= 15 is 0 Å². The van der Waals surface area contributed by atoms with Crippen LogP contribution >= 0.6 is 15.9 Å². The third kappa shape index (κ3) is 4.38. The minimum atomic E-state index is -0.661. The Bertz CT molecular complexity index is 500. The Kier molecular flexibility index (Phi) is 6.24. The molecule has 1 aromatic heterocycles. The van der Waals surface area contributed by atoms with Crippen molar-refractivity contribution in [3.05, 3.63) is 47.9 Å². The quantitative estimate of drug-likeness (QED) is 0.775. The predicted octanol–water partition coefficient (Wildman–Crippen LogP) is 2.36. The summed E-state index contributed by atoms with van der Waals surface area (Å²) in [6.45, 7) is 9.62. The molecular formula is C14H17BrN2O3. The maximum Gasteiger partial charge on any atom is 0.287 e. The summed E-state index contributed by atoms with van der Waals surface area (Å²) in [5.74, 6) is -0.493. The Labute approximate surface area is 126 Å². The number of furan rings is 1. The van der Waals surface area contributed by atoms with Crippen LogP contribution in [-0.2, 0) is 4.79 Å². The van der Waals surface area contributed by atoms with Gasteiger partial charge in [-0.15, -0.1) is 13.2 Å². The second-order valence-corrected chi connectivity index (χ2v) is 4.90. The predicted molar refractivity (Wildman–Crippen MR) is 80.3 cm³/mol. The maximum atomic E-state index is 12.2. The second kappa shape index (κ2) is 7.69. The van der Waals surface area contributed by atoms with Crippen LogP contribution in [0.25, 0.3) is 0 Å². The third-order valence-electron chi connectivity index (χ3n) is 2.53. The van der Waals surface area contributed by atoms with Crippen LogP contribution in [-0.4, -0.2) is 35.8 Å². The molecule has 1 heterocycles. The standard InChI is InChI=1S/C14H17BrN2O3/c1-4-8-17(9-5-2)14(19)10(3)16-13(18)11-6-7-12(15)20-11/h4-7,10H,1-2,8-9H2,3H3,(H,16,18). The van der Waals surface area contributed by atoms with Gasteiger partial charge < -0.3 is 14.6 Å². The summed E-state index contributed by atoms with van der Waals surface area (Å²) in [6.07, 6.45) is 3.25. The van der Waals surface area contributed by atoms with Crippen LogP contribution in [0.1, 0.15) is 17.5 Å². The zero-order valence-electron chi connectivity index (χ0n) is 11.3. The number of amides is 2. The van der Waals surface area contributed by atoms with Gasteiger partial charge in [-0.3, -0.25) is 9.59 Å². The minimum absolute atomic E-state index is 0.149. The molecule has 0 saturated carbocycles. The van der Waals surface area contributed by atoms with Gasteiger partial charge >= 0.3 is 0 Å². The SMILES string of the molecule is C=CCN(CC=C)C(=O)C(C)NC(=O)c1ccc(Br)o1. The molecule has 1 atom stereocenters. The highest BCUT2D eigenvalue weighted by atomic mass is 79.9. The molecule has 0 aliphatic heterocycles. The van der Waals surface area contributed by atoms with Crippen molar-refractivity contribution in [3.63, 3.8) is 0 Å². The van der Waals surface area contributed by atoms with Crippen LogP contribution in [0, 0.1) is 0 Å². The van der Waals surface area contributed by atoms with Gasteiger partial charge in [-0.1, -0.05) is 12.2 Å². The number of hydrogen-bond acceptors (Lipinski definition) is 3. The molecule has 2 amide bonds. The molecule has 0 saturated heterocycles. The lowest BCUT2D eigenvalue weighted by atomic mass is 10.2. The molecule has 1 aromatic rings. The molecule has 0 bridgehead atoms. The van der Waals surface area contributed by atoms with E-state index in [9.17, 15) is 9.59 Å². The molecule has 6 heteroatoms. The molecule has 20 heavy (non-hydrogen) atoms. The number of carbonyl (C=O) groups is 2. The van der Waals surface area contributed by atoms with Crippen LogP contribution < -0.4 is 5.32 Å². The topological polar surface area (TPSA) is 62.6 Å². The molecule has 108 valence electrons. The summed E-state index contributed by atoms with van der Waals surface area (Å²) in [7, 11) is 0. The lowest BCUT2D eigenvalue weighted by Crippen LogP contribution is -2.47. The first-order valence-electron chi connectivity index (χ1n) is 6.06. The van der Waals surface area contributed by atoms with Crippen LogP contribution in [0.5, 0.6) is 0 Å². The van der Waals surface area contributed by atoms with Gasteiger partial charge in [0, 0.05) is 13.1 Å². The van der Waals surface area contributed by atoms with Crippen molar-refractivity contribution >= 4 is 27.7 Å². The highest BCUT2D eigenvalue weighted by Gasteiger charge is 2.22. The molecule has 0 spiro atoms. The van der Waals surface area contributed by atoms with Gasteiger partial charge in [0.25, 0.3) is 5.91 Å². The Balaban J connectivity index is 2.66. The van der Waals surface area contributed by atoms with Gasteiger partial charge in [-0.2, -0.15) is 0 Å². The van der Waals surface area contributed by atoms with Crippen molar-refractivity contribution in [1.82, 2.24) is 10.2 Å². The van der Waals surface area contributed by atoms with E-state index in [1.807, 2.05) is 0 Å². The lowest BCUT2D eigenvalue weighted by molar-refractivity contribution is -0.131. The Morgan fingerprint density at radius 2 is 2.00 bits per heavy atom. The molecule has 0 fully saturated rings. The lowest BCUT2D eigenvalue weighted by Gasteiger charge is -2.23. The van der Waals surface area contributed by atoms with Gasteiger partial charge in [0.05, 0.1) is 0 Å². The zero-order chi connectivity index (χ0) is 15.1. The van der Waals surface area contributed by atoms with Gasteiger partial charge in [0.15, 0.2) is 10.4 Å². The van der Waals surface area contributed by atoms with E-state index < -0.39 is 11.9 Å². The Morgan fingerprint density at radius 3 is 2.45 bits per heavy atom. The van der Waals surface area contributed by atoms with Crippen molar-refractivity contribution in [2.24, 2.45) is 0 Å². The van der Waals surface area contributed by atoms with Crippen LogP contribution in [0.3, 0.4) is 0 Å². The van der Waals surface area contributed by atoms with Crippen molar-refractivity contribution in [3.8, 4) is 0 Å². The molecule has 1 unspecified atom stereocenters. The third-order valence-corrected chi connectivity index (χ3v) is 2.95. The summed E-state index contributed by atoms with van der Waals surface area (Å²) < 4.78 is 5.59. The molecule has 1 N–H and O–H groups in total. The first kappa shape index (κ1) is 16.2. The normalized spacial score (nSPS) is 11.5. The average Bonchev–Trinajstić information content (AvgIpc) is 2.84. The van der Waals surface area contributed by atoms with Crippen molar-refractivity contribution in [2.45, 2.75) is 13.0 Å². The number of nitrogens with one attached hydrogen (secondary N) is 1. The van der Waals surface area contributed by atoms with E-state index in [0.717, 1.165) is 0 Å². The first-order chi connectivity index (χ1) is 9.49. The Hall–Kier alpha value is -1.82. The van der Waals surface area contributed by atoms with Gasteiger partial charge in [-0.05, 0) is 35.0 Å². The first-order valence-corrected chi connectivity index (χ1v) is 6.85. The fourth-order valence-electron chi connectivity index (χ4n) is 1.61. The summed E-state index contributed by atoms with van der Waals surface area (Å²) >= 11 is 3.12. The van der Waals surface area contributed by atoms with Crippen LogP contribution in [0.2, 0.25) is 0 Å². The molecule has 1 rings (SSSR count). The highest BCUT2D eigenvalue weighted by molar-refractivity contribution is 9.10. The molecule has 0 aromatic carbocycles. The monoisotopic (exact) mass is 340 g/mol. The molecule has 0 radical (unpaired) electrons. The van der Waals surface area contributed by atoms with E-state index in [4.69, 9.17) is 4.42 Å². The Morgan fingerprint density at radius 1 is 1.40 bits per heavy atom. The number of hydrogen-bond donors (Lipinski definition) is 1. The number of rotatable bonds is 7. The maximum absolute atomic E-state index is 12.2. The van der Waals surface area contributed by atoms with E-state index in [2.05, 4.69) is 34.4 Å². The molecular weight excluding hydrogens is 324 g/mol. The van der Waals surface area contributed by atoms with E-state index in [1.54, 1.807) is 30.0 Å². The van der Waals surface area contributed by atoms with Crippen molar-refractivity contribution < 1.29 is 14.0 Å². The summed E-state index contributed by atoms with van der Waals surface area (Å²) in [5.41, 5.74) is 0. The largest absolute Gasteiger partial charge is 0.444 e. The van der Waals surface area contributed by atoms with E-state index in [0.29, 0.717) is 17.8 Å². The zero-order valence-corrected chi connectivity index (χ0v) is 12.9. The van der Waals surface area contributed by atoms with Gasteiger partial charge in [0.2, 0.25) is 5.91 Å².